The van der Waals surface area contributed by atoms with Crippen molar-refractivity contribution in [2.24, 2.45) is 0 Å². The summed E-state index contributed by atoms with van der Waals surface area (Å²) in [6.45, 7) is 2.58. The first-order valence-corrected chi connectivity index (χ1v) is 6.90. The molecule has 1 N–H and O–H groups in total. The second-order valence-electron chi connectivity index (χ2n) is 4.65. The van der Waals surface area contributed by atoms with Crippen LogP contribution in [0.1, 0.15) is 12.7 Å². The van der Waals surface area contributed by atoms with Gasteiger partial charge in [0, 0.05) is 5.02 Å². The lowest BCUT2D eigenvalue weighted by Crippen LogP contribution is -2.28. The second-order valence-corrected chi connectivity index (χ2v) is 5.09. The predicted octanol–water partition coefficient (Wildman–Crippen LogP) is 1.57. The molecule has 0 aliphatic carbocycles. The molecule has 0 fully saturated rings. The molecule has 0 spiro atoms. The van der Waals surface area contributed by atoms with E-state index in [0.29, 0.717) is 34.9 Å². The number of rotatable bonds is 5. The predicted molar refractivity (Wildman–Crippen MR) is 80.3 cm³/mol. The number of carbonyl (C=O) groups excluding carboxylic acids is 1. The van der Waals surface area contributed by atoms with Crippen molar-refractivity contribution in [2.45, 2.75) is 13.5 Å². The van der Waals surface area contributed by atoms with E-state index >= 15 is 0 Å². The molecule has 0 saturated carbocycles. The highest BCUT2D eigenvalue weighted by atomic mass is 35.5. The van der Waals surface area contributed by atoms with Crippen LogP contribution >= 0.6 is 11.6 Å². The molecule has 2 rings (SSSR count). The molecular weight excluding hydrogens is 294 g/mol. The Labute approximate surface area is 126 Å². The van der Waals surface area contributed by atoms with Gasteiger partial charge in [-0.05, 0) is 32.2 Å². The van der Waals surface area contributed by atoms with Gasteiger partial charge in [0.05, 0.1) is 30.6 Å². The van der Waals surface area contributed by atoms with Gasteiger partial charge in [0.15, 0.2) is 0 Å². The number of aromatic nitrogens is 2. The molecule has 7 heteroatoms. The van der Waals surface area contributed by atoms with E-state index < -0.39 is 0 Å². The maximum Gasteiger partial charge on any atom is 0.320 e. The van der Waals surface area contributed by atoms with Crippen molar-refractivity contribution in [3.8, 4) is 0 Å². The standard InChI is InChI=1S/C14H16ClN3O3/c1-3-21-13(19)8-18(2)7-12-16-11-5-4-9(15)6-10(11)14(20)17-12/h4-6H,3,7-8H2,1-2H3,(H,16,17,20). The molecule has 1 aromatic carbocycles. The fourth-order valence-electron chi connectivity index (χ4n) is 1.97. The second kappa shape index (κ2) is 6.69. The molecule has 0 radical (unpaired) electrons. The molecule has 112 valence electrons. The maximum atomic E-state index is 12.0. The van der Waals surface area contributed by atoms with Gasteiger partial charge in [-0.15, -0.1) is 0 Å². The number of hydrogen-bond acceptors (Lipinski definition) is 5. The summed E-state index contributed by atoms with van der Waals surface area (Å²) in [4.78, 5) is 32.2. The molecule has 21 heavy (non-hydrogen) atoms. The van der Waals surface area contributed by atoms with Crippen molar-refractivity contribution >= 4 is 28.5 Å². The molecule has 0 unspecified atom stereocenters. The largest absolute Gasteiger partial charge is 0.465 e. The highest BCUT2D eigenvalue weighted by molar-refractivity contribution is 6.31. The third-order valence-corrected chi connectivity index (χ3v) is 3.08. The van der Waals surface area contributed by atoms with Gasteiger partial charge >= 0.3 is 5.97 Å². The van der Waals surface area contributed by atoms with Crippen LogP contribution in [0.4, 0.5) is 0 Å². The summed E-state index contributed by atoms with van der Waals surface area (Å²) in [6.07, 6.45) is 0. The zero-order chi connectivity index (χ0) is 15.4. The van der Waals surface area contributed by atoms with Crippen LogP contribution in [0, 0.1) is 0 Å². The lowest BCUT2D eigenvalue weighted by atomic mass is 10.2. The minimum Gasteiger partial charge on any atom is -0.465 e. The third kappa shape index (κ3) is 4.03. The summed E-state index contributed by atoms with van der Waals surface area (Å²) in [6, 6.07) is 4.96. The Bertz CT molecular complexity index is 714. The van der Waals surface area contributed by atoms with Gasteiger partial charge in [0.1, 0.15) is 5.82 Å². The number of ether oxygens (including phenoxy) is 1. The molecule has 0 bridgehead atoms. The Balaban J connectivity index is 2.18. The lowest BCUT2D eigenvalue weighted by molar-refractivity contribution is -0.144. The van der Waals surface area contributed by atoms with Gasteiger partial charge in [0.25, 0.3) is 5.56 Å². The van der Waals surface area contributed by atoms with Crippen LogP contribution < -0.4 is 5.56 Å². The Kier molecular flexibility index (Phi) is 4.93. The SMILES string of the molecule is CCOC(=O)CN(C)Cc1nc2ccc(Cl)cc2c(=O)[nH]1. The van der Waals surface area contributed by atoms with Crippen molar-refractivity contribution in [1.82, 2.24) is 14.9 Å². The van der Waals surface area contributed by atoms with Crippen LogP contribution in [0.15, 0.2) is 23.0 Å². The summed E-state index contributed by atoms with van der Waals surface area (Å²) >= 11 is 5.86. The van der Waals surface area contributed by atoms with Crippen LogP contribution in [0.5, 0.6) is 0 Å². The number of aromatic amines is 1. The topological polar surface area (TPSA) is 75.3 Å². The number of H-pyrrole nitrogens is 1. The van der Waals surface area contributed by atoms with Gasteiger partial charge in [-0.3, -0.25) is 14.5 Å². The molecular formula is C14H16ClN3O3. The monoisotopic (exact) mass is 309 g/mol. The highest BCUT2D eigenvalue weighted by Crippen LogP contribution is 2.14. The van der Waals surface area contributed by atoms with E-state index in [2.05, 4.69) is 9.97 Å². The van der Waals surface area contributed by atoms with Crippen LogP contribution in [0.2, 0.25) is 5.02 Å². The lowest BCUT2D eigenvalue weighted by Gasteiger charge is -2.14. The molecule has 0 aliphatic heterocycles. The van der Waals surface area contributed by atoms with E-state index in [1.54, 1.807) is 37.1 Å². The van der Waals surface area contributed by atoms with Crippen molar-refractivity contribution in [1.29, 1.82) is 0 Å². The zero-order valence-corrected chi connectivity index (χ0v) is 12.6. The third-order valence-electron chi connectivity index (χ3n) is 2.84. The normalized spacial score (nSPS) is 11.0. The van der Waals surface area contributed by atoms with Crippen molar-refractivity contribution in [3.63, 3.8) is 0 Å². The van der Waals surface area contributed by atoms with Gasteiger partial charge in [-0.25, -0.2) is 4.98 Å². The highest BCUT2D eigenvalue weighted by Gasteiger charge is 2.10. The first-order chi connectivity index (χ1) is 9.99. The number of carbonyl (C=O) groups is 1. The van der Waals surface area contributed by atoms with E-state index in [4.69, 9.17) is 16.3 Å². The quantitative estimate of drug-likeness (QED) is 0.849. The Hall–Kier alpha value is -1.92. The maximum absolute atomic E-state index is 12.0. The molecule has 2 aromatic rings. The number of likely N-dealkylation sites (N-methyl/N-ethyl adjacent to an activating group) is 1. The van der Waals surface area contributed by atoms with E-state index in [9.17, 15) is 9.59 Å². The van der Waals surface area contributed by atoms with Gasteiger partial charge in [0.2, 0.25) is 0 Å². The first kappa shape index (κ1) is 15.5. The summed E-state index contributed by atoms with van der Waals surface area (Å²) in [7, 11) is 1.75. The van der Waals surface area contributed by atoms with E-state index in [-0.39, 0.29) is 18.1 Å². The summed E-state index contributed by atoms with van der Waals surface area (Å²) < 4.78 is 4.87. The number of hydrogen-bond donors (Lipinski definition) is 1. The zero-order valence-electron chi connectivity index (χ0n) is 11.9. The Morgan fingerprint density at radius 1 is 1.48 bits per heavy atom. The van der Waals surface area contributed by atoms with E-state index in [0.717, 1.165) is 0 Å². The summed E-state index contributed by atoms with van der Waals surface area (Å²) in [5.41, 5.74) is 0.324. The average molecular weight is 310 g/mol. The molecule has 6 nitrogen and oxygen atoms in total. The number of benzene rings is 1. The summed E-state index contributed by atoms with van der Waals surface area (Å²) in [5, 5.41) is 0.932. The average Bonchev–Trinajstić information content (AvgIpc) is 2.39. The smallest absolute Gasteiger partial charge is 0.320 e. The van der Waals surface area contributed by atoms with Crippen LogP contribution in [0.3, 0.4) is 0 Å². The van der Waals surface area contributed by atoms with E-state index in [1.807, 2.05) is 0 Å². The Morgan fingerprint density at radius 2 is 2.24 bits per heavy atom. The van der Waals surface area contributed by atoms with Crippen LogP contribution in [-0.2, 0) is 16.1 Å². The van der Waals surface area contributed by atoms with Crippen molar-refractivity contribution < 1.29 is 9.53 Å². The molecule has 0 atom stereocenters. The number of nitrogens with zero attached hydrogens (tertiary/aromatic N) is 2. The van der Waals surface area contributed by atoms with Crippen molar-refractivity contribution in [2.75, 3.05) is 20.2 Å². The fraction of sp³-hybridized carbons (Fsp3) is 0.357. The van der Waals surface area contributed by atoms with Gasteiger partial charge < -0.3 is 9.72 Å². The summed E-state index contributed by atoms with van der Waals surface area (Å²) in [5.74, 6) is 0.177. The molecule has 1 aromatic heterocycles. The van der Waals surface area contributed by atoms with E-state index in [1.165, 1.54) is 0 Å². The fourth-order valence-corrected chi connectivity index (χ4v) is 2.14. The van der Waals surface area contributed by atoms with Crippen LogP contribution in [0.25, 0.3) is 10.9 Å². The minimum absolute atomic E-state index is 0.135. The Morgan fingerprint density at radius 3 is 2.95 bits per heavy atom. The molecule has 0 amide bonds. The number of nitrogens with one attached hydrogen (secondary N) is 1. The molecule has 0 saturated heterocycles. The number of esters is 1. The van der Waals surface area contributed by atoms with Gasteiger partial charge in [-0.2, -0.15) is 0 Å². The number of fused-ring (bicyclic) bond motifs is 1. The molecule has 1 heterocycles. The first-order valence-electron chi connectivity index (χ1n) is 6.52. The minimum atomic E-state index is -0.310. The van der Waals surface area contributed by atoms with Crippen LogP contribution in [-0.4, -0.2) is 41.0 Å². The van der Waals surface area contributed by atoms with Gasteiger partial charge in [-0.1, -0.05) is 11.6 Å². The molecule has 0 aliphatic rings. The number of halogens is 1. The van der Waals surface area contributed by atoms with Crippen molar-refractivity contribution in [3.05, 3.63) is 39.4 Å².